The maximum absolute atomic E-state index is 4.92. The fraction of sp³-hybridized carbons (Fsp3) is 0.357. The normalized spacial score (nSPS) is 21.3. The van der Waals surface area contributed by atoms with Crippen molar-refractivity contribution in [2.75, 3.05) is 13.1 Å². The van der Waals surface area contributed by atoms with Crippen LogP contribution in [-0.4, -0.2) is 33.0 Å². The summed E-state index contributed by atoms with van der Waals surface area (Å²) in [5.41, 5.74) is 9.15. The van der Waals surface area contributed by atoms with E-state index < -0.39 is 0 Å². The van der Waals surface area contributed by atoms with Gasteiger partial charge in [0, 0.05) is 16.7 Å². The molecule has 7 rings (SSSR count). The Labute approximate surface area is 199 Å². The van der Waals surface area contributed by atoms with Crippen LogP contribution in [-0.2, 0) is 12.8 Å². The van der Waals surface area contributed by atoms with Crippen LogP contribution < -0.4 is 10.6 Å². The lowest BCUT2D eigenvalue weighted by Crippen LogP contribution is -2.14. The molecule has 4 N–H and O–H groups in total. The highest BCUT2D eigenvalue weighted by molar-refractivity contribution is 5.77. The zero-order chi connectivity index (χ0) is 22.5. The lowest BCUT2D eigenvalue weighted by Gasteiger charge is -2.15. The molecule has 4 heterocycles. The molecule has 0 amide bonds. The number of imidazole rings is 2. The number of nitrogens with zero attached hydrogens (tertiary/aromatic N) is 2. The molecule has 3 aliphatic rings. The molecule has 0 unspecified atom stereocenters. The number of nitrogens with one attached hydrogen (secondary N) is 4. The van der Waals surface area contributed by atoms with Crippen LogP contribution in [0, 0.1) is 11.8 Å². The van der Waals surface area contributed by atoms with E-state index in [1.165, 1.54) is 35.4 Å². The Morgan fingerprint density at radius 3 is 2.26 bits per heavy atom. The Morgan fingerprint density at radius 2 is 1.50 bits per heavy atom. The zero-order valence-corrected chi connectivity index (χ0v) is 19.2. The SMILES string of the molecule is C(#Cc1ccc2nc([C@@H]3CCCN3)[nH]c2c1)c1ccc2c(c1)CCc1nc([C@@H]3CCCN3)[nH]c1-2. The number of rotatable bonds is 2. The van der Waals surface area contributed by atoms with Gasteiger partial charge >= 0.3 is 0 Å². The molecule has 6 heteroatoms. The average molecular weight is 449 g/mol. The molecule has 4 aromatic rings. The molecule has 0 spiro atoms. The van der Waals surface area contributed by atoms with Crippen LogP contribution in [0.3, 0.4) is 0 Å². The second kappa shape index (κ2) is 8.12. The summed E-state index contributed by atoms with van der Waals surface area (Å²) in [5.74, 6) is 8.87. The van der Waals surface area contributed by atoms with Crippen LogP contribution in [0.4, 0.5) is 0 Å². The number of benzene rings is 2. The molecule has 2 aromatic heterocycles. The Morgan fingerprint density at radius 1 is 0.765 bits per heavy atom. The third kappa shape index (κ3) is 3.53. The van der Waals surface area contributed by atoms with E-state index in [1.54, 1.807) is 0 Å². The van der Waals surface area contributed by atoms with Crippen molar-refractivity contribution in [1.29, 1.82) is 0 Å². The quantitative estimate of drug-likeness (QED) is 0.345. The lowest BCUT2D eigenvalue weighted by molar-refractivity contribution is 0.611. The molecule has 2 aromatic carbocycles. The minimum atomic E-state index is 0.346. The summed E-state index contributed by atoms with van der Waals surface area (Å²) < 4.78 is 0. The van der Waals surface area contributed by atoms with Crippen molar-refractivity contribution in [3.05, 3.63) is 70.4 Å². The Hall–Kier alpha value is -3.40. The highest BCUT2D eigenvalue weighted by Gasteiger charge is 2.25. The fourth-order valence-electron chi connectivity index (χ4n) is 5.63. The van der Waals surface area contributed by atoms with Gasteiger partial charge in [0.05, 0.1) is 34.5 Å². The van der Waals surface area contributed by atoms with Crippen LogP contribution in [0.15, 0.2) is 36.4 Å². The highest BCUT2D eigenvalue weighted by atomic mass is 15.1. The molecule has 34 heavy (non-hydrogen) atoms. The Balaban J connectivity index is 1.15. The van der Waals surface area contributed by atoms with Gasteiger partial charge in [0.25, 0.3) is 0 Å². The number of aromatic nitrogens is 4. The lowest BCUT2D eigenvalue weighted by atomic mass is 9.91. The zero-order valence-electron chi connectivity index (χ0n) is 19.2. The smallest absolute Gasteiger partial charge is 0.124 e. The molecule has 1 aliphatic carbocycles. The van der Waals surface area contributed by atoms with Crippen molar-refractivity contribution < 1.29 is 0 Å². The van der Waals surface area contributed by atoms with E-state index in [9.17, 15) is 0 Å². The minimum absolute atomic E-state index is 0.346. The first-order valence-electron chi connectivity index (χ1n) is 12.5. The summed E-state index contributed by atoms with van der Waals surface area (Å²) >= 11 is 0. The second-order valence-electron chi connectivity index (χ2n) is 9.72. The first kappa shape index (κ1) is 20.0. The highest BCUT2D eigenvalue weighted by Crippen LogP contribution is 2.34. The summed E-state index contributed by atoms with van der Waals surface area (Å²) in [4.78, 5) is 16.8. The number of H-pyrrole nitrogens is 2. The van der Waals surface area contributed by atoms with Gasteiger partial charge in [-0.3, -0.25) is 0 Å². The number of aromatic amines is 2. The van der Waals surface area contributed by atoms with Gasteiger partial charge in [0.2, 0.25) is 0 Å². The summed E-state index contributed by atoms with van der Waals surface area (Å²) in [6.45, 7) is 2.15. The standard InChI is InChI=1S/C28H28N6/c1-3-23(29-13-1)27-31-21-11-8-18(16-25(21)33-27)6-5-17-7-10-20-19(15-17)9-12-22-26(20)34-28(32-22)24-4-2-14-30-24/h7-8,10-11,15-16,23-24,29-30H,1-4,9,12-14H2,(H,31,33)(H,32,34)/t23-,24-/m0/s1. The summed E-state index contributed by atoms with van der Waals surface area (Å²) in [6, 6.07) is 13.6. The molecule has 2 fully saturated rings. The predicted molar refractivity (Wildman–Crippen MR) is 133 cm³/mol. The maximum Gasteiger partial charge on any atom is 0.124 e. The molecule has 170 valence electrons. The molecular formula is C28H28N6. The number of aryl methyl sites for hydroxylation is 2. The molecule has 0 bridgehead atoms. The van der Waals surface area contributed by atoms with Crippen LogP contribution >= 0.6 is 0 Å². The molecule has 6 nitrogen and oxygen atoms in total. The van der Waals surface area contributed by atoms with Gasteiger partial charge < -0.3 is 20.6 Å². The second-order valence-corrected chi connectivity index (χ2v) is 9.72. The van der Waals surface area contributed by atoms with Gasteiger partial charge in [-0.25, -0.2) is 9.97 Å². The average Bonchev–Trinajstić information content (AvgIpc) is 3.67. The predicted octanol–water partition coefficient (Wildman–Crippen LogP) is 4.30. The monoisotopic (exact) mass is 448 g/mol. The van der Waals surface area contributed by atoms with Crippen LogP contribution in [0.25, 0.3) is 22.3 Å². The van der Waals surface area contributed by atoms with Crippen molar-refractivity contribution in [2.45, 2.75) is 50.6 Å². The summed E-state index contributed by atoms with van der Waals surface area (Å²) in [7, 11) is 0. The molecule has 0 saturated carbocycles. The first-order chi connectivity index (χ1) is 16.8. The largest absolute Gasteiger partial charge is 0.341 e. The van der Waals surface area contributed by atoms with E-state index in [0.29, 0.717) is 12.1 Å². The van der Waals surface area contributed by atoms with Crippen molar-refractivity contribution in [2.24, 2.45) is 0 Å². The number of hydrogen-bond donors (Lipinski definition) is 4. The summed E-state index contributed by atoms with van der Waals surface area (Å²) in [5, 5.41) is 7.06. The topological polar surface area (TPSA) is 81.4 Å². The van der Waals surface area contributed by atoms with Crippen LogP contribution in [0.2, 0.25) is 0 Å². The van der Waals surface area contributed by atoms with Gasteiger partial charge in [-0.15, -0.1) is 0 Å². The van der Waals surface area contributed by atoms with Crippen molar-refractivity contribution in [3.63, 3.8) is 0 Å². The molecule has 2 aliphatic heterocycles. The van der Waals surface area contributed by atoms with Gasteiger partial charge in [-0.2, -0.15) is 0 Å². The van der Waals surface area contributed by atoms with Gasteiger partial charge in [-0.1, -0.05) is 17.9 Å². The van der Waals surface area contributed by atoms with Gasteiger partial charge in [0.15, 0.2) is 0 Å². The van der Waals surface area contributed by atoms with Gasteiger partial charge in [0.1, 0.15) is 11.6 Å². The third-order valence-electron chi connectivity index (χ3n) is 7.43. The van der Waals surface area contributed by atoms with Crippen LogP contribution in [0.5, 0.6) is 0 Å². The maximum atomic E-state index is 4.92. The van der Waals surface area contributed by atoms with Crippen LogP contribution in [0.1, 0.15) is 71.8 Å². The van der Waals surface area contributed by atoms with Crippen molar-refractivity contribution in [1.82, 2.24) is 30.6 Å². The fourth-order valence-corrected chi connectivity index (χ4v) is 5.63. The Kier molecular flexibility index (Phi) is 4.78. The van der Waals surface area contributed by atoms with E-state index in [4.69, 9.17) is 9.97 Å². The van der Waals surface area contributed by atoms with E-state index in [2.05, 4.69) is 68.8 Å². The molecule has 0 radical (unpaired) electrons. The Bertz CT molecular complexity index is 1440. The number of fused-ring (bicyclic) bond motifs is 4. The van der Waals surface area contributed by atoms with Crippen molar-refractivity contribution in [3.8, 4) is 23.1 Å². The minimum Gasteiger partial charge on any atom is -0.341 e. The molecular weight excluding hydrogens is 420 g/mol. The third-order valence-corrected chi connectivity index (χ3v) is 7.43. The van der Waals surface area contributed by atoms with E-state index in [0.717, 1.165) is 72.6 Å². The van der Waals surface area contributed by atoms with Crippen molar-refractivity contribution >= 4 is 11.0 Å². The first-order valence-corrected chi connectivity index (χ1v) is 12.5. The molecule has 2 saturated heterocycles. The van der Waals surface area contributed by atoms with E-state index >= 15 is 0 Å². The molecule has 2 atom stereocenters. The van der Waals surface area contributed by atoms with Gasteiger partial charge in [-0.05, 0) is 87.5 Å². The summed E-state index contributed by atoms with van der Waals surface area (Å²) in [6.07, 6.45) is 6.73. The number of hydrogen-bond acceptors (Lipinski definition) is 4. The van der Waals surface area contributed by atoms with E-state index in [-0.39, 0.29) is 0 Å². The van der Waals surface area contributed by atoms with E-state index in [1.807, 2.05) is 0 Å².